The fourth-order valence-electron chi connectivity index (χ4n) is 2.27. The van der Waals surface area contributed by atoms with E-state index in [0.717, 1.165) is 18.9 Å². The van der Waals surface area contributed by atoms with Gasteiger partial charge in [0.1, 0.15) is 10.7 Å². The average molecular weight is 485 g/mol. The number of aliphatic imine (C=N–C) groups is 1. The molecule has 0 amide bonds. The lowest BCUT2D eigenvalue weighted by atomic mass is 10.1. The molecule has 0 bridgehead atoms. The number of benzene rings is 1. The predicted octanol–water partition coefficient (Wildman–Crippen LogP) is 3.48. The topological polar surface area (TPSA) is 84.5 Å². The number of nitrogens with zero attached hydrogens (tertiary/aromatic N) is 1. The van der Waals surface area contributed by atoms with Gasteiger partial charge in [0.15, 0.2) is 15.8 Å². The highest BCUT2D eigenvalue weighted by Crippen LogP contribution is 2.14. The fourth-order valence-corrected chi connectivity index (χ4v) is 3.51. The molecule has 1 aromatic carbocycles. The zero-order valence-electron chi connectivity index (χ0n) is 14.7. The van der Waals surface area contributed by atoms with Crippen molar-refractivity contribution in [3.63, 3.8) is 0 Å². The molecule has 0 fully saturated rings. The van der Waals surface area contributed by atoms with Crippen molar-refractivity contribution in [2.24, 2.45) is 10.7 Å². The maximum absolute atomic E-state index is 13.5. The van der Waals surface area contributed by atoms with Crippen LogP contribution in [-0.4, -0.2) is 33.2 Å². The third-order valence-electron chi connectivity index (χ3n) is 3.64. The Kier molecular flexibility index (Phi) is 12.8. The van der Waals surface area contributed by atoms with Gasteiger partial charge in [-0.15, -0.1) is 24.0 Å². The Balaban J connectivity index is 0.00000576. The van der Waals surface area contributed by atoms with E-state index < -0.39 is 15.7 Å². The summed E-state index contributed by atoms with van der Waals surface area (Å²) in [6.07, 6.45) is 7.05. The van der Waals surface area contributed by atoms with Crippen molar-refractivity contribution in [3.8, 4) is 0 Å². The first kappa shape index (κ1) is 24.1. The summed E-state index contributed by atoms with van der Waals surface area (Å²) in [5.41, 5.74) is 5.70. The van der Waals surface area contributed by atoms with Gasteiger partial charge in [-0.1, -0.05) is 51.2 Å². The maximum atomic E-state index is 13.5. The van der Waals surface area contributed by atoms with Crippen LogP contribution in [0.1, 0.15) is 45.4 Å². The van der Waals surface area contributed by atoms with Gasteiger partial charge in [-0.25, -0.2) is 12.8 Å². The number of hydrogen-bond donors (Lipinski definition) is 2. The first-order valence-corrected chi connectivity index (χ1v) is 10.1. The Morgan fingerprint density at radius 2 is 1.80 bits per heavy atom. The first-order valence-electron chi connectivity index (χ1n) is 8.48. The molecule has 8 heteroatoms. The van der Waals surface area contributed by atoms with Crippen molar-refractivity contribution < 1.29 is 12.8 Å². The molecule has 0 aromatic heterocycles. The zero-order chi connectivity index (χ0) is 17.8. The number of halogens is 2. The van der Waals surface area contributed by atoms with Crippen molar-refractivity contribution in [2.45, 2.75) is 50.3 Å². The highest BCUT2D eigenvalue weighted by Gasteiger charge is 2.18. The summed E-state index contributed by atoms with van der Waals surface area (Å²) in [4.78, 5) is 3.88. The summed E-state index contributed by atoms with van der Waals surface area (Å²) in [7, 11) is -3.67. The molecular formula is C17H29FIN3O2S. The molecule has 0 unspecified atom stereocenters. The Morgan fingerprint density at radius 1 is 1.16 bits per heavy atom. The van der Waals surface area contributed by atoms with Crippen molar-refractivity contribution in [3.05, 3.63) is 30.1 Å². The molecule has 0 radical (unpaired) electrons. The Bertz CT molecular complexity index is 624. The Hall–Kier alpha value is -0.900. The van der Waals surface area contributed by atoms with Crippen LogP contribution in [0.3, 0.4) is 0 Å². The lowest BCUT2D eigenvalue weighted by Gasteiger charge is -2.07. The van der Waals surface area contributed by atoms with Crippen molar-refractivity contribution in [1.29, 1.82) is 0 Å². The summed E-state index contributed by atoms with van der Waals surface area (Å²) >= 11 is 0. The number of nitrogens with two attached hydrogens (primary N) is 1. The lowest BCUT2D eigenvalue weighted by Crippen LogP contribution is -2.35. The molecule has 0 spiro atoms. The van der Waals surface area contributed by atoms with Crippen molar-refractivity contribution in [2.75, 3.05) is 18.8 Å². The normalized spacial score (nSPS) is 11.8. The van der Waals surface area contributed by atoms with Crippen LogP contribution in [0.25, 0.3) is 0 Å². The summed E-state index contributed by atoms with van der Waals surface area (Å²) in [5, 5.41) is 2.77. The molecule has 144 valence electrons. The summed E-state index contributed by atoms with van der Waals surface area (Å²) in [6.45, 7) is 2.91. The maximum Gasteiger partial charge on any atom is 0.188 e. The summed E-state index contributed by atoms with van der Waals surface area (Å²) < 4.78 is 37.7. The van der Waals surface area contributed by atoms with Gasteiger partial charge in [-0.05, 0) is 18.6 Å². The van der Waals surface area contributed by atoms with Crippen molar-refractivity contribution >= 4 is 39.8 Å². The zero-order valence-corrected chi connectivity index (χ0v) is 17.9. The number of rotatable bonds is 11. The minimum atomic E-state index is -3.67. The Morgan fingerprint density at radius 3 is 2.48 bits per heavy atom. The van der Waals surface area contributed by atoms with Crippen LogP contribution in [0.15, 0.2) is 34.2 Å². The second-order valence-electron chi connectivity index (χ2n) is 5.71. The molecule has 5 nitrogen and oxygen atoms in total. The molecule has 0 aliphatic rings. The number of unbranched alkanes of at least 4 members (excludes halogenated alkanes) is 5. The second kappa shape index (κ2) is 13.3. The van der Waals surface area contributed by atoms with Gasteiger partial charge in [0.05, 0.1) is 5.75 Å². The molecule has 0 saturated heterocycles. The molecular weight excluding hydrogens is 456 g/mol. The quantitative estimate of drug-likeness (QED) is 0.218. The van der Waals surface area contributed by atoms with E-state index in [1.54, 1.807) is 0 Å². The average Bonchev–Trinajstić information content (AvgIpc) is 2.54. The van der Waals surface area contributed by atoms with Gasteiger partial charge in [-0.2, -0.15) is 0 Å². The largest absolute Gasteiger partial charge is 0.370 e. The van der Waals surface area contributed by atoms with Crippen molar-refractivity contribution in [1.82, 2.24) is 5.32 Å². The molecule has 0 saturated carbocycles. The van der Waals surface area contributed by atoms with Crippen LogP contribution in [-0.2, 0) is 9.84 Å². The summed E-state index contributed by atoms with van der Waals surface area (Å²) in [5.74, 6) is -0.740. The molecule has 0 atom stereocenters. The van der Waals surface area contributed by atoms with E-state index >= 15 is 0 Å². The highest BCUT2D eigenvalue weighted by molar-refractivity contribution is 14.0. The van der Waals surface area contributed by atoms with Gasteiger partial charge in [0.25, 0.3) is 0 Å². The molecule has 1 aromatic rings. The van der Waals surface area contributed by atoms with Crippen LogP contribution in [0.2, 0.25) is 0 Å². The molecule has 0 aliphatic carbocycles. The lowest BCUT2D eigenvalue weighted by molar-refractivity contribution is 0.566. The molecule has 1 rings (SSSR count). The van der Waals surface area contributed by atoms with Crippen LogP contribution >= 0.6 is 24.0 Å². The number of sulfone groups is 1. The minimum absolute atomic E-state index is 0. The van der Waals surface area contributed by atoms with Crippen LogP contribution in [0.4, 0.5) is 4.39 Å². The minimum Gasteiger partial charge on any atom is -0.370 e. The van der Waals surface area contributed by atoms with Crippen LogP contribution in [0, 0.1) is 5.82 Å². The van der Waals surface area contributed by atoms with Gasteiger partial charge >= 0.3 is 0 Å². The standard InChI is InChI=1S/C17H28FN3O2S.HI/c1-2-3-4-5-6-9-12-20-17(19)21-13-14-24(22,23)16-11-8-7-10-15(16)18;/h7-8,10-11H,2-6,9,12-14H2,1H3,(H3,19,20,21);1H. The molecule has 3 N–H and O–H groups in total. The highest BCUT2D eigenvalue weighted by atomic mass is 127. The molecule has 25 heavy (non-hydrogen) atoms. The van der Waals surface area contributed by atoms with E-state index in [0.29, 0.717) is 6.54 Å². The third kappa shape index (κ3) is 9.98. The van der Waals surface area contributed by atoms with E-state index in [4.69, 9.17) is 5.73 Å². The van der Waals surface area contributed by atoms with Gasteiger partial charge in [-0.3, -0.25) is 4.99 Å². The molecule has 0 heterocycles. The predicted molar refractivity (Wildman–Crippen MR) is 112 cm³/mol. The van der Waals surface area contributed by atoms with E-state index in [2.05, 4.69) is 17.2 Å². The SMILES string of the molecule is CCCCCCCCN=C(N)NCCS(=O)(=O)c1ccccc1F.I. The third-order valence-corrected chi connectivity index (χ3v) is 5.39. The van der Waals surface area contributed by atoms with Gasteiger partial charge in [0.2, 0.25) is 0 Å². The second-order valence-corrected chi connectivity index (χ2v) is 7.79. The first-order chi connectivity index (χ1) is 11.5. The number of nitrogens with one attached hydrogen (secondary N) is 1. The van der Waals surface area contributed by atoms with Gasteiger partial charge in [0, 0.05) is 13.1 Å². The summed E-state index contributed by atoms with van der Waals surface area (Å²) in [6, 6.07) is 5.36. The van der Waals surface area contributed by atoms with Crippen LogP contribution < -0.4 is 11.1 Å². The molecule has 0 aliphatic heterocycles. The fraction of sp³-hybridized carbons (Fsp3) is 0.588. The number of hydrogen-bond acceptors (Lipinski definition) is 3. The van der Waals surface area contributed by atoms with Crippen LogP contribution in [0.5, 0.6) is 0 Å². The van der Waals surface area contributed by atoms with E-state index in [1.807, 2.05) is 0 Å². The monoisotopic (exact) mass is 485 g/mol. The van der Waals surface area contributed by atoms with E-state index in [-0.39, 0.29) is 47.1 Å². The number of guanidine groups is 1. The Labute approximate surface area is 167 Å². The van der Waals surface area contributed by atoms with E-state index in [1.165, 1.54) is 43.9 Å². The van der Waals surface area contributed by atoms with E-state index in [9.17, 15) is 12.8 Å². The smallest absolute Gasteiger partial charge is 0.188 e. The van der Waals surface area contributed by atoms with Gasteiger partial charge < -0.3 is 11.1 Å².